The Labute approximate surface area is 172 Å². The number of aliphatic imine (C=N–C) groups is 1. The highest BCUT2D eigenvalue weighted by Gasteiger charge is 2.21. The molecule has 1 aliphatic rings. The molecular weight excluding hydrogens is 451 g/mol. The molecule has 1 aliphatic heterocycles. The van der Waals surface area contributed by atoms with Crippen molar-refractivity contribution in [2.45, 2.75) is 51.2 Å². The molecule has 7 heteroatoms. The van der Waals surface area contributed by atoms with Crippen LogP contribution >= 0.6 is 47.1 Å². The van der Waals surface area contributed by atoms with Gasteiger partial charge in [0.2, 0.25) is 0 Å². The summed E-state index contributed by atoms with van der Waals surface area (Å²) in [4.78, 5) is 11.6. The molecular formula is C17H31IN4S2. The van der Waals surface area contributed by atoms with Crippen LogP contribution in [0.2, 0.25) is 0 Å². The zero-order valence-corrected chi connectivity index (χ0v) is 19.4. The second-order valence-electron chi connectivity index (χ2n) is 6.95. The second-order valence-corrected chi connectivity index (χ2v) is 9.30. The fraction of sp³-hybridized carbons (Fsp3) is 0.765. The first-order valence-electron chi connectivity index (χ1n) is 8.46. The Morgan fingerprint density at radius 3 is 2.79 bits per heavy atom. The fourth-order valence-corrected chi connectivity index (χ4v) is 4.75. The molecule has 1 saturated heterocycles. The molecule has 0 bridgehead atoms. The van der Waals surface area contributed by atoms with Gasteiger partial charge in [-0.15, -0.1) is 35.3 Å². The topological polar surface area (TPSA) is 40.5 Å². The lowest BCUT2D eigenvalue weighted by Gasteiger charge is -2.34. The molecule has 1 aromatic heterocycles. The molecule has 1 aromatic rings. The molecule has 138 valence electrons. The number of hydrogen-bond acceptors (Lipinski definition) is 4. The van der Waals surface area contributed by atoms with E-state index in [0.717, 1.165) is 37.3 Å². The number of hydrogen-bond donors (Lipinski definition) is 1. The molecule has 1 N–H and O–H groups in total. The first-order valence-corrected chi connectivity index (χ1v) is 10.4. The van der Waals surface area contributed by atoms with E-state index in [-0.39, 0.29) is 29.4 Å². The van der Waals surface area contributed by atoms with Gasteiger partial charge >= 0.3 is 0 Å². The summed E-state index contributed by atoms with van der Waals surface area (Å²) < 4.78 is 0. The van der Waals surface area contributed by atoms with Gasteiger partial charge in [-0.25, -0.2) is 4.98 Å². The van der Waals surface area contributed by atoms with Crippen molar-refractivity contribution in [3.63, 3.8) is 0 Å². The monoisotopic (exact) mass is 482 g/mol. The average molecular weight is 483 g/mol. The van der Waals surface area contributed by atoms with Gasteiger partial charge in [0.25, 0.3) is 0 Å². The van der Waals surface area contributed by atoms with Gasteiger partial charge in [0.15, 0.2) is 5.96 Å². The third-order valence-electron chi connectivity index (χ3n) is 4.05. The maximum atomic E-state index is 4.76. The maximum absolute atomic E-state index is 4.76. The Bertz CT molecular complexity index is 525. The number of nitrogens with zero attached hydrogens (tertiary/aromatic N) is 3. The molecule has 0 aromatic carbocycles. The quantitative estimate of drug-likeness (QED) is 0.400. The largest absolute Gasteiger partial charge is 0.356 e. The van der Waals surface area contributed by atoms with Crippen LogP contribution in [0.15, 0.2) is 10.4 Å². The molecule has 24 heavy (non-hydrogen) atoms. The summed E-state index contributed by atoms with van der Waals surface area (Å²) in [6.45, 7) is 12.0. The Hall–Kier alpha value is -0.0200. The molecule has 1 unspecified atom stereocenters. The number of halogens is 1. The van der Waals surface area contributed by atoms with E-state index < -0.39 is 0 Å². The van der Waals surface area contributed by atoms with Crippen molar-refractivity contribution in [1.29, 1.82) is 0 Å². The third kappa shape index (κ3) is 6.37. The standard InChI is InChI=1S/C17H30N4S2.HI/c1-6-13-11-21(9-10-22-13)16(18-5)19-8-7-15-20-14(12-23-15)17(2,3)4;/h12-13H,6-11H2,1-5H3,(H,18,19);1H. The van der Waals surface area contributed by atoms with Gasteiger partial charge in [0, 0.05) is 54.9 Å². The van der Waals surface area contributed by atoms with Gasteiger partial charge in [-0.1, -0.05) is 27.7 Å². The Morgan fingerprint density at radius 2 is 2.21 bits per heavy atom. The van der Waals surface area contributed by atoms with Crippen molar-refractivity contribution in [3.8, 4) is 0 Å². The number of thiazole rings is 1. The van der Waals surface area contributed by atoms with Crippen LogP contribution in [0, 0.1) is 0 Å². The smallest absolute Gasteiger partial charge is 0.193 e. The summed E-state index contributed by atoms with van der Waals surface area (Å²) in [5.74, 6) is 2.23. The van der Waals surface area contributed by atoms with E-state index in [1.165, 1.54) is 22.9 Å². The molecule has 2 heterocycles. The van der Waals surface area contributed by atoms with Crippen molar-refractivity contribution in [3.05, 3.63) is 16.1 Å². The van der Waals surface area contributed by atoms with E-state index in [0.29, 0.717) is 0 Å². The number of thioether (sulfide) groups is 1. The third-order valence-corrected chi connectivity index (χ3v) is 6.33. The summed E-state index contributed by atoms with van der Waals surface area (Å²) in [5, 5.41) is 7.64. The molecule has 0 saturated carbocycles. The highest BCUT2D eigenvalue weighted by Crippen LogP contribution is 2.24. The van der Waals surface area contributed by atoms with Gasteiger partial charge in [-0.3, -0.25) is 4.99 Å². The first kappa shape index (κ1) is 22.0. The zero-order chi connectivity index (χ0) is 16.9. The number of guanidine groups is 1. The van der Waals surface area contributed by atoms with Crippen molar-refractivity contribution in [1.82, 2.24) is 15.2 Å². The average Bonchev–Trinajstić information content (AvgIpc) is 3.01. The van der Waals surface area contributed by atoms with Crippen molar-refractivity contribution >= 4 is 53.0 Å². The van der Waals surface area contributed by atoms with E-state index in [1.807, 2.05) is 7.05 Å². The lowest BCUT2D eigenvalue weighted by Crippen LogP contribution is -2.48. The molecule has 4 nitrogen and oxygen atoms in total. The molecule has 0 amide bonds. The summed E-state index contributed by atoms with van der Waals surface area (Å²) in [7, 11) is 1.88. The van der Waals surface area contributed by atoms with Crippen LogP contribution in [-0.2, 0) is 11.8 Å². The van der Waals surface area contributed by atoms with Gasteiger partial charge in [0.05, 0.1) is 10.7 Å². The lowest BCUT2D eigenvalue weighted by molar-refractivity contribution is 0.408. The highest BCUT2D eigenvalue weighted by molar-refractivity contribution is 14.0. The van der Waals surface area contributed by atoms with E-state index in [1.54, 1.807) is 11.3 Å². The SMILES string of the molecule is CCC1CN(C(=NC)NCCc2nc(C(C)(C)C)cs2)CCS1.I. The minimum Gasteiger partial charge on any atom is -0.356 e. The van der Waals surface area contributed by atoms with E-state index >= 15 is 0 Å². The minimum atomic E-state index is 0. The molecule has 2 rings (SSSR count). The predicted molar refractivity (Wildman–Crippen MR) is 119 cm³/mol. The van der Waals surface area contributed by atoms with Crippen molar-refractivity contribution < 1.29 is 0 Å². The Kier molecular flexibility index (Phi) is 9.37. The van der Waals surface area contributed by atoms with Crippen LogP contribution in [0.25, 0.3) is 0 Å². The molecule has 1 fully saturated rings. The number of rotatable bonds is 4. The van der Waals surface area contributed by atoms with Gasteiger partial charge in [-0.2, -0.15) is 11.8 Å². The van der Waals surface area contributed by atoms with Crippen molar-refractivity contribution in [2.24, 2.45) is 4.99 Å². The maximum Gasteiger partial charge on any atom is 0.193 e. The van der Waals surface area contributed by atoms with Crippen LogP contribution in [-0.4, -0.2) is 53.5 Å². The number of nitrogens with one attached hydrogen (secondary N) is 1. The predicted octanol–water partition coefficient (Wildman–Crippen LogP) is 4.00. The van der Waals surface area contributed by atoms with E-state index in [4.69, 9.17) is 4.98 Å². The van der Waals surface area contributed by atoms with Crippen LogP contribution in [0.5, 0.6) is 0 Å². The molecule has 0 radical (unpaired) electrons. The Balaban J connectivity index is 0.00000288. The van der Waals surface area contributed by atoms with Crippen LogP contribution in [0.1, 0.15) is 44.8 Å². The van der Waals surface area contributed by atoms with Gasteiger partial charge in [-0.05, 0) is 6.42 Å². The van der Waals surface area contributed by atoms with Gasteiger partial charge < -0.3 is 10.2 Å². The number of aromatic nitrogens is 1. The summed E-state index contributed by atoms with van der Waals surface area (Å²) in [5.41, 5.74) is 1.33. The molecule has 1 atom stereocenters. The summed E-state index contributed by atoms with van der Waals surface area (Å²) in [6.07, 6.45) is 2.19. The molecule has 0 aliphatic carbocycles. The zero-order valence-electron chi connectivity index (χ0n) is 15.5. The van der Waals surface area contributed by atoms with E-state index in [9.17, 15) is 0 Å². The minimum absolute atomic E-state index is 0. The lowest BCUT2D eigenvalue weighted by atomic mass is 9.93. The van der Waals surface area contributed by atoms with Gasteiger partial charge in [0.1, 0.15) is 0 Å². The van der Waals surface area contributed by atoms with Crippen LogP contribution in [0.4, 0.5) is 0 Å². The summed E-state index contributed by atoms with van der Waals surface area (Å²) >= 11 is 3.86. The Morgan fingerprint density at radius 1 is 1.46 bits per heavy atom. The molecule has 0 spiro atoms. The van der Waals surface area contributed by atoms with Crippen molar-refractivity contribution in [2.75, 3.05) is 32.4 Å². The highest BCUT2D eigenvalue weighted by atomic mass is 127. The van der Waals surface area contributed by atoms with Crippen LogP contribution in [0.3, 0.4) is 0 Å². The van der Waals surface area contributed by atoms with E-state index in [2.05, 4.69) is 60.0 Å². The first-order chi connectivity index (χ1) is 10.9. The second kappa shape index (κ2) is 10.2. The summed E-state index contributed by atoms with van der Waals surface area (Å²) in [6, 6.07) is 0. The fourth-order valence-electron chi connectivity index (χ4n) is 2.54. The normalized spacial score (nSPS) is 19.1. The van der Waals surface area contributed by atoms with Crippen LogP contribution < -0.4 is 5.32 Å².